The first kappa shape index (κ1) is 6.33. The molecule has 0 atom stereocenters. The van der Waals surface area contributed by atoms with Gasteiger partial charge in [-0.05, 0) is 13.8 Å². The van der Waals surface area contributed by atoms with E-state index in [1.165, 1.54) is 6.26 Å². The average molecular weight is 127 g/mol. The normalized spacial score (nSPS) is 23.4. The summed E-state index contributed by atoms with van der Waals surface area (Å²) in [7, 11) is 0. The van der Waals surface area contributed by atoms with Crippen LogP contribution in [0.5, 0.6) is 0 Å². The van der Waals surface area contributed by atoms with E-state index in [1.807, 2.05) is 20.8 Å². The molecular weight excluding hydrogens is 116 g/mol. The number of allylic oxidation sites excluding steroid dienone is 1. The van der Waals surface area contributed by atoms with Crippen LogP contribution in [0.2, 0.25) is 0 Å². The molecule has 1 rings (SSSR count). The van der Waals surface area contributed by atoms with Gasteiger partial charge in [0.05, 0.1) is 0 Å². The Morgan fingerprint density at radius 3 is 2.22 bits per heavy atom. The van der Waals surface area contributed by atoms with Crippen LogP contribution in [0.1, 0.15) is 20.8 Å². The first-order valence-corrected chi connectivity index (χ1v) is 2.95. The number of aliphatic hydroxyl groups excluding tert-OH is 1. The molecule has 1 heterocycles. The van der Waals surface area contributed by atoms with Crippen molar-refractivity contribution in [3.05, 3.63) is 12.0 Å². The fourth-order valence-electron chi connectivity index (χ4n) is 0.619. The van der Waals surface area contributed by atoms with Gasteiger partial charge in [-0.25, -0.2) is 4.42 Å². The van der Waals surface area contributed by atoms with E-state index in [1.54, 1.807) is 0 Å². The van der Waals surface area contributed by atoms with Gasteiger partial charge in [0.2, 0.25) is 5.76 Å². The molecule has 0 unspecified atom stereocenters. The van der Waals surface area contributed by atoms with Crippen molar-refractivity contribution in [3.63, 3.8) is 0 Å². The second-order valence-electron chi connectivity index (χ2n) is 2.80. The number of ketones is 1. The van der Waals surface area contributed by atoms with Crippen LogP contribution < -0.4 is 0 Å². The number of hydrogen-bond acceptors (Lipinski definition) is 1. The predicted octanol–water partition coefficient (Wildman–Crippen LogP) is 1.55. The summed E-state index contributed by atoms with van der Waals surface area (Å²) in [6.07, 6.45) is 1.38. The van der Waals surface area contributed by atoms with E-state index in [0.29, 0.717) is 5.76 Å². The standard InChI is InChI=1S/C7H10O2/c1-5-7(2,3)6(8)4-9-5/h4H,1-3H3/p+1. The summed E-state index contributed by atoms with van der Waals surface area (Å²) >= 11 is 0. The van der Waals surface area contributed by atoms with Gasteiger partial charge in [0.1, 0.15) is 5.41 Å². The Hall–Kier alpha value is -0.790. The van der Waals surface area contributed by atoms with Crippen molar-refractivity contribution in [2.24, 2.45) is 5.41 Å². The Labute approximate surface area is 54.5 Å². The van der Waals surface area contributed by atoms with E-state index in [-0.39, 0.29) is 5.41 Å². The fourth-order valence-corrected chi connectivity index (χ4v) is 0.619. The maximum Gasteiger partial charge on any atom is 0.356 e. The summed E-state index contributed by atoms with van der Waals surface area (Å²) in [6.45, 7) is 5.70. The van der Waals surface area contributed by atoms with Crippen LogP contribution in [-0.4, -0.2) is 10.9 Å². The molecule has 0 aromatic rings. The van der Waals surface area contributed by atoms with Gasteiger partial charge in [0.15, 0.2) is 0 Å². The van der Waals surface area contributed by atoms with E-state index in [0.717, 1.165) is 5.78 Å². The monoisotopic (exact) mass is 127 g/mol. The van der Waals surface area contributed by atoms with Crippen LogP contribution in [-0.2, 0) is 4.42 Å². The van der Waals surface area contributed by atoms with Crippen LogP contribution >= 0.6 is 0 Å². The molecule has 0 aliphatic carbocycles. The van der Waals surface area contributed by atoms with Crippen LogP contribution in [0.3, 0.4) is 0 Å². The van der Waals surface area contributed by atoms with E-state index < -0.39 is 0 Å². The smallest absolute Gasteiger partial charge is 0.356 e. The Morgan fingerprint density at radius 2 is 2.11 bits per heavy atom. The number of aliphatic hydroxyl groups is 1. The van der Waals surface area contributed by atoms with Crippen LogP contribution in [0.15, 0.2) is 12.0 Å². The third-order valence-electron chi connectivity index (χ3n) is 1.87. The van der Waals surface area contributed by atoms with Gasteiger partial charge >= 0.3 is 12.0 Å². The molecule has 0 spiro atoms. The summed E-state index contributed by atoms with van der Waals surface area (Å²) in [5, 5.41) is 9.14. The predicted molar refractivity (Wildman–Crippen MR) is 35.2 cm³/mol. The van der Waals surface area contributed by atoms with Gasteiger partial charge in [0, 0.05) is 6.92 Å². The first-order valence-electron chi connectivity index (χ1n) is 2.95. The topological polar surface area (TPSA) is 31.5 Å². The molecule has 0 amide bonds. The highest BCUT2D eigenvalue weighted by Gasteiger charge is 2.41. The second-order valence-corrected chi connectivity index (χ2v) is 2.80. The summed E-state index contributed by atoms with van der Waals surface area (Å²) in [4.78, 5) is 0. The van der Waals surface area contributed by atoms with Gasteiger partial charge in [-0.3, -0.25) is 0 Å². The molecule has 2 heteroatoms. The second kappa shape index (κ2) is 1.59. The number of hydrogen-bond donors (Lipinski definition) is 1. The molecule has 0 saturated heterocycles. The molecule has 1 aliphatic heterocycles. The summed E-state index contributed by atoms with van der Waals surface area (Å²) < 4.78 is 4.98. The minimum absolute atomic E-state index is 0.278. The minimum atomic E-state index is -0.278. The maximum atomic E-state index is 9.14. The first-order chi connectivity index (χ1) is 4.05. The van der Waals surface area contributed by atoms with Crippen LogP contribution in [0.25, 0.3) is 0 Å². The molecule has 1 aliphatic rings. The molecule has 1 N–H and O–H groups in total. The van der Waals surface area contributed by atoms with Gasteiger partial charge in [-0.1, -0.05) is 0 Å². The van der Waals surface area contributed by atoms with Crippen molar-refractivity contribution in [1.82, 2.24) is 0 Å². The zero-order valence-electron chi connectivity index (χ0n) is 5.93. The zero-order chi connectivity index (χ0) is 7.07. The SMILES string of the molecule is CC1=[O+]C=C(O)C1(C)C. The molecule has 0 aromatic heterocycles. The highest BCUT2D eigenvalue weighted by atomic mass is 16.4. The van der Waals surface area contributed by atoms with Crippen molar-refractivity contribution in [3.8, 4) is 0 Å². The van der Waals surface area contributed by atoms with Crippen molar-refractivity contribution >= 4 is 5.78 Å². The molecule has 0 radical (unpaired) electrons. The molecule has 2 nitrogen and oxygen atoms in total. The van der Waals surface area contributed by atoms with Crippen LogP contribution in [0.4, 0.5) is 0 Å². The minimum Gasteiger partial charge on any atom is -0.504 e. The lowest BCUT2D eigenvalue weighted by Gasteiger charge is -2.08. The molecule has 0 saturated carbocycles. The van der Waals surface area contributed by atoms with Gasteiger partial charge in [-0.15, -0.1) is 0 Å². The summed E-state index contributed by atoms with van der Waals surface area (Å²) in [5.74, 6) is 1.15. The summed E-state index contributed by atoms with van der Waals surface area (Å²) in [5.41, 5.74) is -0.278. The molecule has 0 fully saturated rings. The highest BCUT2D eigenvalue weighted by Crippen LogP contribution is 2.28. The number of rotatable bonds is 0. The van der Waals surface area contributed by atoms with E-state index >= 15 is 0 Å². The summed E-state index contributed by atoms with van der Waals surface area (Å²) in [6, 6.07) is 0. The van der Waals surface area contributed by atoms with E-state index in [2.05, 4.69) is 0 Å². The van der Waals surface area contributed by atoms with E-state index in [4.69, 9.17) is 9.53 Å². The molecule has 0 aromatic carbocycles. The molecule has 50 valence electrons. The van der Waals surface area contributed by atoms with Crippen LogP contribution in [0, 0.1) is 5.41 Å². The van der Waals surface area contributed by atoms with Crippen molar-refractivity contribution in [2.75, 3.05) is 0 Å². The highest BCUT2D eigenvalue weighted by molar-refractivity contribution is 5.85. The van der Waals surface area contributed by atoms with Crippen molar-refractivity contribution < 1.29 is 9.53 Å². The van der Waals surface area contributed by atoms with Gasteiger partial charge in [-0.2, -0.15) is 0 Å². The third-order valence-corrected chi connectivity index (χ3v) is 1.87. The van der Waals surface area contributed by atoms with Crippen molar-refractivity contribution in [2.45, 2.75) is 20.8 Å². The lowest BCUT2D eigenvalue weighted by molar-refractivity contribution is -0.372. The lowest BCUT2D eigenvalue weighted by Crippen LogP contribution is -2.20. The maximum absolute atomic E-state index is 9.14. The third kappa shape index (κ3) is 0.745. The molecule has 0 bridgehead atoms. The zero-order valence-corrected chi connectivity index (χ0v) is 5.93. The lowest BCUT2D eigenvalue weighted by atomic mass is 9.88. The van der Waals surface area contributed by atoms with Gasteiger partial charge in [0.25, 0.3) is 0 Å². The Bertz CT molecular complexity index is 167. The Kier molecular flexibility index (Phi) is 1.12. The quantitative estimate of drug-likeness (QED) is 0.492. The van der Waals surface area contributed by atoms with Crippen molar-refractivity contribution in [1.29, 1.82) is 0 Å². The fraction of sp³-hybridized carbons (Fsp3) is 0.571. The Morgan fingerprint density at radius 1 is 1.56 bits per heavy atom. The molecular formula is C7H11O2+. The average Bonchev–Trinajstić information content (AvgIpc) is 1.96. The van der Waals surface area contributed by atoms with Gasteiger partial charge < -0.3 is 5.11 Å². The molecule has 9 heavy (non-hydrogen) atoms. The van der Waals surface area contributed by atoms with E-state index in [9.17, 15) is 0 Å². The largest absolute Gasteiger partial charge is 0.504 e. The number of carbonyl (C=O) groups excluding carboxylic acids is 1. The Balaban J connectivity index is 2.96.